The molecule has 1 saturated heterocycles. The Hall–Kier alpha value is -3.51. The fourth-order valence-electron chi connectivity index (χ4n) is 4.46. The number of hydrogen-bond donors (Lipinski definition) is 1. The average Bonchev–Trinajstić information content (AvgIpc) is 3.62. The third kappa shape index (κ3) is 4.53. The molecule has 11 nitrogen and oxygen atoms in total. The lowest BCUT2D eigenvalue weighted by Crippen LogP contribution is -2.49. The number of aromatic amines is 1. The summed E-state index contributed by atoms with van der Waals surface area (Å²) in [6.07, 6.45) is 5.38. The summed E-state index contributed by atoms with van der Waals surface area (Å²) in [6.45, 7) is 8.21. The van der Waals surface area contributed by atoms with Gasteiger partial charge in [-0.1, -0.05) is 25.2 Å². The van der Waals surface area contributed by atoms with Gasteiger partial charge in [-0.3, -0.25) is 14.8 Å². The van der Waals surface area contributed by atoms with Gasteiger partial charge in [0.15, 0.2) is 11.4 Å². The van der Waals surface area contributed by atoms with Crippen molar-refractivity contribution in [2.24, 2.45) is 0 Å². The molecule has 1 aliphatic rings. The number of pyridine rings is 1. The average molecular weight is 510 g/mol. The Balaban J connectivity index is 1.39. The van der Waals surface area contributed by atoms with Gasteiger partial charge in [0, 0.05) is 57.6 Å². The predicted octanol–water partition coefficient (Wildman–Crippen LogP) is 2.59. The van der Waals surface area contributed by atoms with Crippen molar-refractivity contribution < 1.29 is 9.53 Å². The fourth-order valence-corrected chi connectivity index (χ4v) is 5.43. The van der Waals surface area contributed by atoms with E-state index in [1.807, 2.05) is 18.5 Å². The van der Waals surface area contributed by atoms with E-state index in [1.54, 1.807) is 42.0 Å². The summed E-state index contributed by atoms with van der Waals surface area (Å²) >= 11 is 1.65. The molecule has 0 aliphatic carbocycles. The third-order valence-electron chi connectivity index (χ3n) is 6.47. The molecule has 190 valence electrons. The van der Waals surface area contributed by atoms with Crippen molar-refractivity contribution in [3.8, 4) is 27.7 Å². The van der Waals surface area contributed by atoms with E-state index in [9.17, 15) is 4.79 Å². The number of carbonyl (C=O) groups excluding carboxylic acids is 1. The van der Waals surface area contributed by atoms with Crippen LogP contribution < -0.4 is 9.64 Å². The van der Waals surface area contributed by atoms with Crippen molar-refractivity contribution in [1.82, 2.24) is 39.6 Å². The van der Waals surface area contributed by atoms with E-state index in [0.717, 1.165) is 58.7 Å². The molecule has 0 unspecified atom stereocenters. The molecule has 0 aromatic carbocycles. The van der Waals surface area contributed by atoms with Crippen molar-refractivity contribution in [3.05, 3.63) is 30.4 Å². The van der Waals surface area contributed by atoms with E-state index in [4.69, 9.17) is 14.8 Å². The minimum atomic E-state index is 0.139. The number of nitrogens with zero attached hydrogens (tertiary/aromatic N) is 8. The van der Waals surface area contributed by atoms with Crippen LogP contribution in [0.2, 0.25) is 0 Å². The van der Waals surface area contributed by atoms with Crippen molar-refractivity contribution in [1.29, 1.82) is 0 Å². The number of methoxy groups -OCH3 is 1. The Bertz CT molecular complexity index is 1370. The molecule has 0 spiro atoms. The molecule has 0 radical (unpaired) electrons. The van der Waals surface area contributed by atoms with Gasteiger partial charge in [0.2, 0.25) is 5.91 Å². The van der Waals surface area contributed by atoms with Crippen LogP contribution in [0.1, 0.15) is 25.3 Å². The smallest absolute Gasteiger partial charge is 0.236 e. The number of aromatic nitrogens is 6. The van der Waals surface area contributed by atoms with Crippen molar-refractivity contribution in [2.45, 2.75) is 19.8 Å². The maximum absolute atomic E-state index is 12.0. The van der Waals surface area contributed by atoms with E-state index < -0.39 is 0 Å². The molecule has 0 bridgehead atoms. The number of piperazine rings is 1. The zero-order valence-electron chi connectivity index (χ0n) is 21.2. The number of carbonyl (C=O) groups is 1. The molecule has 36 heavy (non-hydrogen) atoms. The number of amides is 1. The SMILES string of the molecule is COc1cc(-c2[nH]nc(-c3ncc(N4CCN(CC(=O)N(C)C)CC4)s3)c2C(C)C)cn2ncnc12. The molecule has 1 amide bonds. The molecular weight excluding hydrogens is 478 g/mol. The summed E-state index contributed by atoms with van der Waals surface area (Å²) < 4.78 is 7.27. The van der Waals surface area contributed by atoms with Gasteiger partial charge in [-0.25, -0.2) is 14.5 Å². The number of H-pyrrole nitrogens is 1. The Morgan fingerprint density at radius 2 is 2.00 bits per heavy atom. The first kappa shape index (κ1) is 24.2. The minimum Gasteiger partial charge on any atom is -0.493 e. The van der Waals surface area contributed by atoms with Crippen LogP contribution in [0.15, 0.2) is 24.8 Å². The maximum atomic E-state index is 12.0. The first-order chi connectivity index (χ1) is 17.4. The number of ether oxygens (including phenoxy) is 1. The standard InChI is InChI=1S/C24H31N9O2S/c1-15(2)20-21(16-10-17(35-5)23-26-14-27-33(23)12-16)28-29-22(20)24-25-11-19(36-24)32-8-6-31(7-9-32)13-18(34)30(3)4/h10-12,14-15H,6-9,13H2,1-5H3,(H,28,29). The van der Waals surface area contributed by atoms with Crippen LogP contribution in [0.4, 0.5) is 5.00 Å². The van der Waals surface area contributed by atoms with Gasteiger partial charge >= 0.3 is 0 Å². The molecule has 0 saturated carbocycles. The number of hydrogen-bond acceptors (Lipinski definition) is 9. The molecule has 5 heterocycles. The lowest BCUT2D eigenvalue weighted by atomic mass is 9.97. The van der Waals surface area contributed by atoms with E-state index in [1.165, 1.54) is 6.33 Å². The van der Waals surface area contributed by atoms with Gasteiger partial charge < -0.3 is 14.5 Å². The topological polar surface area (TPSA) is 108 Å². The summed E-state index contributed by atoms with van der Waals surface area (Å²) in [7, 11) is 5.23. The number of likely N-dealkylation sites (N-methyl/N-ethyl adjacent to an activating group) is 1. The maximum Gasteiger partial charge on any atom is 0.236 e. The minimum absolute atomic E-state index is 0.139. The number of anilines is 1. The van der Waals surface area contributed by atoms with Crippen LogP contribution in [-0.2, 0) is 4.79 Å². The summed E-state index contributed by atoms with van der Waals surface area (Å²) in [6, 6.07) is 1.96. The van der Waals surface area contributed by atoms with Crippen LogP contribution in [0, 0.1) is 0 Å². The van der Waals surface area contributed by atoms with Gasteiger partial charge in [0.1, 0.15) is 22.0 Å². The summed E-state index contributed by atoms with van der Waals surface area (Å²) in [5.74, 6) is 1.01. The second-order valence-electron chi connectivity index (χ2n) is 9.40. The van der Waals surface area contributed by atoms with Crippen LogP contribution in [0.5, 0.6) is 5.75 Å². The van der Waals surface area contributed by atoms with Crippen LogP contribution in [0.3, 0.4) is 0 Å². The highest BCUT2D eigenvalue weighted by atomic mass is 32.1. The highest BCUT2D eigenvalue weighted by molar-refractivity contribution is 7.18. The molecule has 1 N–H and O–H groups in total. The number of rotatable bonds is 7. The molecule has 4 aromatic heterocycles. The molecule has 1 fully saturated rings. The normalized spacial score (nSPS) is 14.7. The third-order valence-corrected chi connectivity index (χ3v) is 7.53. The van der Waals surface area contributed by atoms with E-state index in [-0.39, 0.29) is 11.8 Å². The molecule has 5 rings (SSSR count). The largest absolute Gasteiger partial charge is 0.493 e. The monoisotopic (exact) mass is 509 g/mol. The van der Waals surface area contributed by atoms with Crippen LogP contribution in [0.25, 0.3) is 27.6 Å². The second kappa shape index (κ2) is 9.86. The summed E-state index contributed by atoms with van der Waals surface area (Å²) in [5, 5.41) is 14.2. The Labute approximate surface area is 213 Å². The number of fused-ring (bicyclic) bond motifs is 1. The Kier molecular flexibility index (Phi) is 6.63. The van der Waals surface area contributed by atoms with E-state index in [2.05, 4.69) is 38.8 Å². The van der Waals surface area contributed by atoms with Gasteiger partial charge in [-0.2, -0.15) is 10.2 Å². The Morgan fingerprint density at radius 1 is 1.22 bits per heavy atom. The number of nitrogens with one attached hydrogen (secondary N) is 1. The van der Waals surface area contributed by atoms with Gasteiger partial charge in [-0.05, 0) is 12.0 Å². The highest BCUT2D eigenvalue weighted by Crippen LogP contribution is 2.39. The Morgan fingerprint density at radius 3 is 2.69 bits per heavy atom. The summed E-state index contributed by atoms with van der Waals surface area (Å²) in [5.41, 5.74) is 4.48. The van der Waals surface area contributed by atoms with Crippen molar-refractivity contribution in [2.75, 3.05) is 58.8 Å². The lowest BCUT2D eigenvalue weighted by molar-refractivity contribution is -0.129. The lowest BCUT2D eigenvalue weighted by Gasteiger charge is -2.35. The second-order valence-corrected chi connectivity index (χ2v) is 10.4. The first-order valence-electron chi connectivity index (χ1n) is 11.9. The van der Waals surface area contributed by atoms with Gasteiger partial charge in [0.25, 0.3) is 0 Å². The van der Waals surface area contributed by atoms with Crippen molar-refractivity contribution >= 4 is 27.9 Å². The van der Waals surface area contributed by atoms with Crippen LogP contribution >= 0.6 is 11.3 Å². The zero-order chi connectivity index (χ0) is 25.4. The van der Waals surface area contributed by atoms with Gasteiger partial charge in [-0.15, -0.1) is 0 Å². The summed E-state index contributed by atoms with van der Waals surface area (Å²) in [4.78, 5) is 27.2. The van der Waals surface area contributed by atoms with Gasteiger partial charge in [0.05, 0.1) is 25.5 Å². The van der Waals surface area contributed by atoms with E-state index >= 15 is 0 Å². The quantitative estimate of drug-likeness (QED) is 0.405. The molecule has 12 heteroatoms. The van der Waals surface area contributed by atoms with Crippen LogP contribution in [-0.4, -0.2) is 99.4 Å². The molecule has 4 aromatic rings. The molecular formula is C24H31N9O2S. The highest BCUT2D eigenvalue weighted by Gasteiger charge is 2.25. The predicted molar refractivity (Wildman–Crippen MR) is 140 cm³/mol. The molecule has 0 atom stereocenters. The molecule has 1 aliphatic heterocycles. The number of thiazole rings is 1. The first-order valence-corrected chi connectivity index (χ1v) is 12.8. The van der Waals surface area contributed by atoms with E-state index in [0.29, 0.717) is 17.9 Å². The fraction of sp³-hybridized carbons (Fsp3) is 0.458. The zero-order valence-corrected chi connectivity index (χ0v) is 22.0. The van der Waals surface area contributed by atoms with Crippen molar-refractivity contribution in [3.63, 3.8) is 0 Å².